The van der Waals surface area contributed by atoms with Gasteiger partial charge in [-0.15, -0.1) is 10.2 Å². The van der Waals surface area contributed by atoms with Crippen LogP contribution in [0, 0.1) is 6.92 Å². The van der Waals surface area contributed by atoms with Crippen LogP contribution in [0.3, 0.4) is 0 Å². The van der Waals surface area contributed by atoms with Gasteiger partial charge in [-0.3, -0.25) is 4.40 Å². The summed E-state index contributed by atoms with van der Waals surface area (Å²) in [5.41, 5.74) is 1.24. The Hall–Kier alpha value is -3.42. The van der Waals surface area contributed by atoms with Gasteiger partial charge in [0.1, 0.15) is 11.4 Å². The van der Waals surface area contributed by atoms with E-state index in [4.69, 9.17) is 4.74 Å². The van der Waals surface area contributed by atoms with E-state index in [1.807, 2.05) is 6.92 Å². The standard InChI is InChI=1S/C17H16N4O4/c1-3-25-17(24)14-16(21-8-4-5-13(23)15(21)18-14)20-19-11-9-10(2)6-7-12(11)22/h4-9,22-23H,3H2,1-2H3. The number of ether oxygens (including phenoxy) is 1. The number of pyridine rings is 1. The van der Waals surface area contributed by atoms with Gasteiger partial charge in [-0.25, -0.2) is 9.78 Å². The molecule has 128 valence electrons. The lowest BCUT2D eigenvalue weighted by atomic mass is 10.2. The number of fused-ring (bicyclic) bond motifs is 1. The van der Waals surface area contributed by atoms with E-state index in [0.29, 0.717) is 0 Å². The maximum absolute atomic E-state index is 12.1. The molecule has 0 bridgehead atoms. The Balaban J connectivity index is 2.14. The zero-order valence-electron chi connectivity index (χ0n) is 13.7. The van der Waals surface area contributed by atoms with Crippen LogP contribution in [-0.4, -0.2) is 32.2 Å². The second kappa shape index (κ2) is 6.60. The van der Waals surface area contributed by atoms with E-state index in [0.717, 1.165) is 5.56 Å². The van der Waals surface area contributed by atoms with Gasteiger partial charge in [-0.1, -0.05) is 6.07 Å². The summed E-state index contributed by atoms with van der Waals surface area (Å²) in [7, 11) is 0. The summed E-state index contributed by atoms with van der Waals surface area (Å²) in [5, 5.41) is 27.9. The quantitative estimate of drug-likeness (QED) is 0.556. The lowest BCUT2D eigenvalue weighted by Crippen LogP contribution is -2.05. The number of aromatic hydroxyl groups is 2. The van der Waals surface area contributed by atoms with Gasteiger partial charge in [-0.05, 0) is 43.7 Å². The molecule has 0 saturated carbocycles. The Morgan fingerprint density at radius 1 is 1.24 bits per heavy atom. The third-order valence-corrected chi connectivity index (χ3v) is 3.46. The number of aryl methyl sites for hydroxylation is 1. The van der Waals surface area contributed by atoms with E-state index in [1.165, 1.54) is 16.5 Å². The molecule has 0 amide bonds. The highest BCUT2D eigenvalue weighted by Gasteiger charge is 2.21. The molecular weight excluding hydrogens is 324 g/mol. The minimum atomic E-state index is -0.673. The van der Waals surface area contributed by atoms with E-state index >= 15 is 0 Å². The van der Waals surface area contributed by atoms with Crippen molar-refractivity contribution in [2.45, 2.75) is 13.8 Å². The Kier molecular flexibility index (Phi) is 4.34. The van der Waals surface area contributed by atoms with Crippen molar-refractivity contribution in [2.75, 3.05) is 6.61 Å². The van der Waals surface area contributed by atoms with Crippen LogP contribution in [0.2, 0.25) is 0 Å². The van der Waals surface area contributed by atoms with Crippen LogP contribution in [0.25, 0.3) is 5.65 Å². The Morgan fingerprint density at radius 3 is 2.80 bits per heavy atom. The van der Waals surface area contributed by atoms with Gasteiger partial charge < -0.3 is 14.9 Å². The van der Waals surface area contributed by atoms with E-state index in [9.17, 15) is 15.0 Å². The number of azo groups is 1. The van der Waals surface area contributed by atoms with Crippen LogP contribution in [0.5, 0.6) is 11.5 Å². The van der Waals surface area contributed by atoms with Gasteiger partial charge >= 0.3 is 5.97 Å². The largest absolute Gasteiger partial charge is 0.506 e. The first-order chi connectivity index (χ1) is 12.0. The predicted molar refractivity (Wildman–Crippen MR) is 89.8 cm³/mol. The number of nitrogens with zero attached hydrogens (tertiary/aromatic N) is 4. The predicted octanol–water partition coefficient (Wildman–Crippen LogP) is 3.65. The number of imidazole rings is 1. The molecule has 2 aromatic heterocycles. The third kappa shape index (κ3) is 3.14. The summed E-state index contributed by atoms with van der Waals surface area (Å²) in [5.74, 6) is -0.713. The number of carbonyl (C=O) groups excluding carboxylic acids is 1. The number of hydrogen-bond acceptors (Lipinski definition) is 7. The minimum absolute atomic E-state index is 0.0382. The fourth-order valence-electron chi connectivity index (χ4n) is 2.29. The highest BCUT2D eigenvalue weighted by molar-refractivity contribution is 5.93. The molecule has 25 heavy (non-hydrogen) atoms. The molecular formula is C17H16N4O4. The minimum Gasteiger partial charge on any atom is -0.506 e. The van der Waals surface area contributed by atoms with E-state index in [-0.39, 0.29) is 41.0 Å². The van der Waals surface area contributed by atoms with Crippen LogP contribution in [-0.2, 0) is 4.74 Å². The number of phenolic OH excluding ortho intramolecular Hbond substituents is 1. The lowest BCUT2D eigenvalue weighted by Gasteiger charge is -2.01. The Labute approximate surface area is 143 Å². The number of rotatable bonds is 4. The molecule has 0 spiro atoms. The lowest BCUT2D eigenvalue weighted by molar-refractivity contribution is 0.0521. The molecule has 0 aliphatic carbocycles. The van der Waals surface area contributed by atoms with Gasteiger partial charge in [0, 0.05) is 6.20 Å². The van der Waals surface area contributed by atoms with E-state index in [1.54, 1.807) is 31.3 Å². The van der Waals surface area contributed by atoms with Crippen molar-refractivity contribution >= 4 is 23.1 Å². The summed E-state index contributed by atoms with van der Waals surface area (Å²) in [6.45, 7) is 3.71. The molecule has 0 fully saturated rings. The van der Waals surface area contributed by atoms with Crippen molar-refractivity contribution in [3.63, 3.8) is 0 Å². The second-order valence-electron chi connectivity index (χ2n) is 5.28. The Morgan fingerprint density at radius 2 is 2.04 bits per heavy atom. The number of aromatic nitrogens is 2. The zero-order chi connectivity index (χ0) is 18.0. The monoisotopic (exact) mass is 340 g/mol. The summed E-state index contributed by atoms with van der Waals surface area (Å²) in [6, 6.07) is 7.94. The molecule has 0 unspecified atom stereocenters. The number of benzene rings is 1. The van der Waals surface area contributed by atoms with Gasteiger partial charge in [-0.2, -0.15) is 0 Å². The summed E-state index contributed by atoms with van der Waals surface area (Å²) in [6.07, 6.45) is 1.59. The maximum Gasteiger partial charge on any atom is 0.360 e. The summed E-state index contributed by atoms with van der Waals surface area (Å²) in [4.78, 5) is 16.3. The molecule has 0 aliphatic heterocycles. The molecule has 8 nitrogen and oxygen atoms in total. The Bertz CT molecular complexity index is 978. The van der Waals surface area contributed by atoms with Gasteiger partial charge in [0.2, 0.25) is 0 Å². The van der Waals surface area contributed by atoms with Crippen LogP contribution in [0.1, 0.15) is 23.0 Å². The van der Waals surface area contributed by atoms with Crippen molar-refractivity contribution in [2.24, 2.45) is 10.2 Å². The fraction of sp³-hybridized carbons (Fsp3) is 0.176. The summed E-state index contributed by atoms with van der Waals surface area (Å²) >= 11 is 0. The molecule has 0 atom stereocenters. The average Bonchev–Trinajstić information content (AvgIpc) is 2.96. The van der Waals surface area contributed by atoms with Crippen LogP contribution < -0.4 is 0 Å². The van der Waals surface area contributed by atoms with Gasteiger partial charge in [0.05, 0.1) is 6.61 Å². The van der Waals surface area contributed by atoms with Crippen LogP contribution in [0.15, 0.2) is 46.8 Å². The van der Waals surface area contributed by atoms with E-state index < -0.39 is 5.97 Å². The second-order valence-corrected chi connectivity index (χ2v) is 5.28. The normalized spacial score (nSPS) is 11.3. The molecule has 3 aromatic rings. The zero-order valence-corrected chi connectivity index (χ0v) is 13.7. The first-order valence-corrected chi connectivity index (χ1v) is 7.59. The maximum atomic E-state index is 12.1. The summed E-state index contributed by atoms with van der Waals surface area (Å²) < 4.78 is 6.41. The molecule has 8 heteroatoms. The number of phenols is 1. The number of hydrogen-bond donors (Lipinski definition) is 2. The molecule has 2 N–H and O–H groups in total. The highest BCUT2D eigenvalue weighted by atomic mass is 16.5. The molecule has 3 rings (SSSR count). The van der Waals surface area contributed by atoms with Crippen molar-refractivity contribution in [3.8, 4) is 11.5 Å². The number of esters is 1. The number of carbonyl (C=O) groups is 1. The van der Waals surface area contributed by atoms with Gasteiger partial charge in [0.15, 0.2) is 22.9 Å². The molecule has 2 heterocycles. The van der Waals surface area contributed by atoms with E-state index in [2.05, 4.69) is 15.2 Å². The topological polar surface area (TPSA) is 109 Å². The SMILES string of the molecule is CCOC(=O)c1nc2c(O)cccn2c1N=Nc1cc(C)ccc1O. The van der Waals surface area contributed by atoms with Crippen LogP contribution in [0.4, 0.5) is 11.5 Å². The smallest absolute Gasteiger partial charge is 0.360 e. The molecule has 1 aromatic carbocycles. The van der Waals surface area contributed by atoms with Gasteiger partial charge in [0.25, 0.3) is 0 Å². The molecule has 0 radical (unpaired) electrons. The molecule has 0 aliphatic rings. The van der Waals surface area contributed by atoms with Crippen molar-refractivity contribution in [3.05, 3.63) is 47.8 Å². The third-order valence-electron chi connectivity index (χ3n) is 3.46. The van der Waals surface area contributed by atoms with Crippen molar-refractivity contribution < 1.29 is 19.7 Å². The van der Waals surface area contributed by atoms with Crippen molar-refractivity contribution in [1.82, 2.24) is 9.38 Å². The highest BCUT2D eigenvalue weighted by Crippen LogP contribution is 2.32. The average molecular weight is 340 g/mol. The van der Waals surface area contributed by atoms with Crippen molar-refractivity contribution in [1.29, 1.82) is 0 Å². The first kappa shape index (κ1) is 16.4. The molecule has 0 saturated heterocycles. The first-order valence-electron chi connectivity index (χ1n) is 7.59. The fourth-order valence-corrected chi connectivity index (χ4v) is 2.29. The van der Waals surface area contributed by atoms with Crippen LogP contribution >= 0.6 is 0 Å².